The van der Waals surface area contributed by atoms with E-state index in [1.165, 1.54) is 0 Å². The lowest BCUT2D eigenvalue weighted by Crippen LogP contribution is -2.45. The zero-order chi connectivity index (χ0) is 15.7. The molecule has 5 heteroatoms. The number of hydrogen-bond donors (Lipinski definition) is 1. The van der Waals surface area contributed by atoms with Gasteiger partial charge in [-0.15, -0.1) is 0 Å². The fourth-order valence-electron chi connectivity index (χ4n) is 4.06. The summed E-state index contributed by atoms with van der Waals surface area (Å²) >= 11 is 0. The van der Waals surface area contributed by atoms with Crippen molar-refractivity contribution in [1.82, 2.24) is 5.32 Å². The monoisotopic (exact) mass is 302 g/mol. The van der Waals surface area contributed by atoms with E-state index in [1.807, 2.05) is 24.3 Å². The van der Waals surface area contributed by atoms with Crippen LogP contribution in [0.5, 0.6) is 5.75 Å². The van der Waals surface area contributed by atoms with E-state index in [9.17, 15) is 14.7 Å². The summed E-state index contributed by atoms with van der Waals surface area (Å²) in [7, 11) is 1.60. The highest BCUT2D eigenvalue weighted by molar-refractivity contribution is 5.85. The number of nitrogens with one attached hydrogen (secondary N) is 1. The summed E-state index contributed by atoms with van der Waals surface area (Å²) in [6.45, 7) is 0.399. The van der Waals surface area contributed by atoms with Crippen LogP contribution in [0.3, 0.4) is 0 Å². The Balaban J connectivity index is 1.62. The molecule has 5 nitrogen and oxygen atoms in total. The van der Waals surface area contributed by atoms with Crippen molar-refractivity contribution in [2.75, 3.05) is 7.11 Å². The predicted octanol–water partition coefficient (Wildman–Crippen LogP) is 0.724. The number of ether oxygens (including phenoxy) is 1. The number of hydrogen-bond acceptors (Lipinski definition) is 4. The predicted molar refractivity (Wildman–Crippen MR) is 77.7 cm³/mol. The molecule has 2 saturated carbocycles. The molecule has 1 N–H and O–H groups in total. The average molecular weight is 302 g/mol. The molecule has 118 valence electrons. The van der Waals surface area contributed by atoms with Gasteiger partial charge >= 0.3 is 0 Å². The molecule has 2 bridgehead atoms. The van der Waals surface area contributed by atoms with Crippen LogP contribution in [0.2, 0.25) is 0 Å². The first kappa shape index (κ1) is 14.9. The fourth-order valence-corrected chi connectivity index (χ4v) is 4.06. The van der Waals surface area contributed by atoms with Gasteiger partial charge in [0.15, 0.2) is 0 Å². The number of carboxylic acid groups (broad SMARTS) is 1. The Hall–Kier alpha value is -2.04. The van der Waals surface area contributed by atoms with Gasteiger partial charge in [0.1, 0.15) is 5.75 Å². The molecule has 1 amide bonds. The van der Waals surface area contributed by atoms with E-state index >= 15 is 0 Å². The maximum atomic E-state index is 12.4. The van der Waals surface area contributed by atoms with Crippen LogP contribution >= 0.6 is 0 Å². The molecule has 4 atom stereocenters. The highest BCUT2D eigenvalue weighted by atomic mass is 16.5. The quantitative estimate of drug-likeness (QED) is 0.869. The topological polar surface area (TPSA) is 78.5 Å². The van der Waals surface area contributed by atoms with Crippen LogP contribution in [0.25, 0.3) is 0 Å². The number of rotatable bonds is 5. The Kier molecular flexibility index (Phi) is 4.05. The first-order valence-corrected chi connectivity index (χ1v) is 7.71. The van der Waals surface area contributed by atoms with Gasteiger partial charge in [0.05, 0.1) is 7.11 Å². The van der Waals surface area contributed by atoms with Crippen molar-refractivity contribution in [3.8, 4) is 5.75 Å². The molecular formula is C17H20NO4-. The zero-order valence-corrected chi connectivity index (χ0v) is 12.6. The van der Waals surface area contributed by atoms with E-state index in [-0.39, 0.29) is 17.7 Å². The minimum absolute atomic E-state index is 0.117. The molecule has 3 rings (SSSR count). The minimum atomic E-state index is -1.07. The number of carbonyl (C=O) groups excluding carboxylic acids is 2. The van der Waals surface area contributed by atoms with Crippen molar-refractivity contribution < 1.29 is 19.4 Å². The third-order valence-corrected chi connectivity index (χ3v) is 5.12. The Morgan fingerprint density at radius 3 is 2.41 bits per heavy atom. The lowest BCUT2D eigenvalue weighted by atomic mass is 9.78. The molecule has 22 heavy (non-hydrogen) atoms. The fraction of sp³-hybridized carbons (Fsp3) is 0.529. The second kappa shape index (κ2) is 5.99. The van der Waals surface area contributed by atoms with E-state index in [2.05, 4.69) is 5.32 Å². The van der Waals surface area contributed by atoms with E-state index in [1.54, 1.807) is 7.11 Å². The molecular weight excluding hydrogens is 282 g/mol. The smallest absolute Gasteiger partial charge is 0.224 e. The molecule has 0 spiro atoms. The highest BCUT2D eigenvalue weighted by Crippen LogP contribution is 2.52. The standard InChI is InChI=1S/C17H21NO4/c1-22-13-6-2-10(3-7-13)9-18-16(19)14-11-4-5-12(8-11)15(14)17(20)21/h2-3,6-7,11-12,14-15H,4-5,8-9H2,1H3,(H,18,19)(H,20,21)/p-1/t11-,12+,14-,15+/m1/s1. The first-order chi connectivity index (χ1) is 10.6. The van der Waals surface area contributed by atoms with Crippen molar-refractivity contribution in [2.45, 2.75) is 25.8 Å². The third kappa shape index (κ3) is 2.67. The molecule has 0 aliphatic heterocycles. The van der Waals surface area contributed by atoms with Crippen LogP contribution in [-0.2, 0) is 16.1 Å². The minimum Gasteiger partial charge on any atom is -0.550 e. The van der Waals surface area contributed by atoms with Crippen LogP contribution in [-0.4, -0.2) is 19.0 Å². The molecule has 2 aliphatic carbocycles. The lowest BCUT2D eigenvalue weighted by Gasteiger charge is -2.30. The van der Waals surface area contributed by atoms with E-state index in [0.29, 0.717) is 6.54 Å². The van der Waals surface area contributed by atoms with Crippen LogP contribution in [0, 0.1) is 23.7 Å². The van der Waals surface area contributed by atoms with Gasteiger partial charge in [0.2, 0.25) is 5.91 Å². The number of fused-ring (bicyclic) bond motifs is 2. The molecule has 0 saturated heterocycles. The van der Waals surface area contributed by atoms with E-state index in [4.69, 9.17) is 4.74 Å². The van der Waals surface area contributed by atoms with Crippen LogP contribution in [0.15, 0.2) is 24.3 Å². The van der Waals surface area contributed by atoms with Gasteiger partial charge in [-0.2, -0.15) is 0 Å². The molecule has 0 heterocycles. The van der Waals surface area contributed by atoms with Crippen molar-refractivity contribution in [1.29, 1.82) is 0 Å². The average Bonchev–Trinajstić information content (AvgIpc) is 3.14. The second-order valence-corrected chi connectivity index (χ2v) is 6.27. The normalized spacial score (nSPS) is 29.3. The molecule has 2 fully saturated rings. The van der Waals surface area contributed by atoms with Crippen molar-refractivity contribution in [2.24, 2.45) is 23.7 Å². The second-order valence-electron chi connectivity index (χ2n) is 6.27. The van der Waals surface area contributed by atoms with Gasteiger partial charge in [-0.3, -0.25) is 4.79 Å². The summed E-state index contributed by atoms with van der Waals surface area (Å²) in [6.07, 6.45) is 2.71. The Labute approximate surface area is 129 Å². The maximum Gasteiger partial charge on any atom is 0.224 e. The van der Waals surface area contributed by atoms with Gasteiger partial charge in [-0.25, -0.2) is 0 Å². The number of methoxy groups -OCH3 is 1. The van der Waals surface area contributed by atoms with Crippen molar-refractivity contribution >= 4 is 11.9 Å². The largest absolute Gasteiger partial charge is 0.550 e. The summed E-state index contributed by atoms with van der Waals surface area (Å²) in [5, 5.41) is 14.2. The number of amides is 1. The van der Waals surface area contributed by atoms with Crippen LogP contribution in [0.1, 0.15) is 24.8 Å². The molecule has 0 aromatic heterocycles. The molecule has 0 unspecified atom stereocenters. The summed E-state index contributed by atoms with van der Waals surface area (Å²) in [4.78, 5) is 23.8. The molecule has 1 aromatic carbocycles. The van der Waals surface area contributed by atoms with Gasteiger partial charge in [0.25, 0.3) is 0 Å². The number of carbonyl (C=O) groups is 2. The first-order valence-electron chi connectivity index (χ1n) is 7.71. The SMILES string of the molecule is COc1ccc(CNC(=O)[C@@H]2[C@@H]3CC[C@@H](C3)[C@@H]2C(=O)[O-])cc1. The number of aliphatic carboxylic acids is 1. The van der Waals surface area contributed by atoms with Gasteiger partial charge in [0, 0.05) is 24.3 Å². The van der Waals surface area contributed by atoms with Crippen molar-refractivity contribution in [3.05, 3.63) is 29.8 Å². The van der Waals surface area contributed by atoms with E-state index < -0.39 is 17.8 Å². The molecule has 2 aliphatic rings. The molecule has 0 radical (unpaired) electrons. The van der Waals surface area contributed by atoms with Crippen molar-refractivity contribution in [3.63, 3.8) is 0 Å². The summed E-state index contributed by atoms with van der Waals surface area (Å²) in [5.74, 6) is -1.19. The summed E-state index contributed by atoms with van der Waals surface area (Å²) in [5.41, 5.74) is 0.960. The van der Waals surface area contributed by atoms with Gasteiger partial charge in [-0.1, -0.05) is 12.1 Å². The zero-order valence-electron chi connectivity index (χ0n) is 12.6. The van der Waals surface area contributed by atoms with Crippen LogP contribution in [0.4, 0.5) is 0 Å². The third-order valence-electron chi connectivity index (χ3n) is 5.12. The number of carboxylic acids is 1. The summed E-state index contributed by atoms with van der Waals surface area (Å²) < 4.78 is 5.09. The highest BCUT2D eigenvalue weighted by Gasteiger charge is 2.51. The summed E-state index contributed by atoms with van der Waals surface area (Å²) in [6, 6.07) is 7.44. The van der Waals surface area contributed by atoms with Gasteiger partial charge in [-0.05, 0) is 48.8 Å². The number of benzene rings is 1. The Bertz CT molecular complexity index is 569. The maximum absolute atomic E-state index is 12.4. The Morgan fingerprint density at radius 2 is 1.82 bits per heavy atom. The molecule has 1 aromatic rings. The Morgan fingerprint density at radius 1 is 1.18 bits per heavy atom. The van der Waals surface area contributed by atoms with Crippen LogP contribution < -0.4 is 15.2 Å². The van der Waals surface area contributed by atoms with Gasteiger partial charge < -0.3 is 20.0 Å². The van der Waals surface area contributed by atoms with E-state index in [0.717, 1.165) is 30.6 Å². The lowest BCUT2D eigenvalue weighted by molar-refractivity contribution is -0.314.